The Morgan fingerprint density at radius 1 is 1.40 bits per heavy atom. The Bertz CT molecular complexity index is 220. The van der Waals surface area contributed by atoms with E-state index in [1.807, 2.05) is 0 Å². The van der Waals surface area contributed by atoms with Crippen LogP contribution in [-0.2, 0) is 4.79 Å². The van der Waals surface area contributed by atoms with Crippen LogP contribution < -0.4 is 10.6 Å². The van der Waals surface area contributed by atoms with Crippen LogP contribution in [0.5, 0.6) is 0 Å². The third-order valence-corrected chi connectivity index (χ3v) is 3.56. The standard InChI is InChI=1S/C11H21N3O/c1-14-4-2-9(3-5-14)6-13-11(15)10-7-12-8-10/h9-10,12H,2-8H2,1H3,(H,13,15). The van der Waals surface area contributed by atoms with Gasteiger partial charge in [-0.1, -0.05) is 0 Å². The van der Waals surface area contributed by atoms with Gasteiger partial charge in [-0.2, -0.15) is 0 Å². The van der Waals surface area contributed by atoms with Crippen molar-refractivity contribution in [2.45, 2.75) is 12.8 Å². The van der Waals surface area contributed by atoms with Gasteiger partial charge in [-0.3, -0.25) is 4.79 Å². The molecule has 0 aromatic carbocycles. The van der Waals surface area contributed by atoms with Crippen LogP contribution in [0.15, 0.2) is 0 Å². The zero-order chi connectivity index (χ0) is 10.7. The van der Waals surface area contributed by atoms with Crippen molar-refractivity contribution < 1.29 is 4.79 Å². The lowest BCUT2D eigenvalue weighted by Gasteiger charge is -2.30. The predicted molar refractivity (Wildman–Crippen MR) is 59.6 cm³/mol. The van der Waals surface area contributed by atoms with Gasteiger partial charge in [0.2, 0.25) is 5.91 Å². The lowest BCUT2D eigenvalue weighted by molar-refractivity contribution is -0.126. The van der Waals surface area contributed by atoms with Crippen LogP contribution in [0.3, 0.4) is 0 Å². The molecular weight excluding hydrogens is 190 g/mol. The van der Waals surface area contributed by atoms with Crippen LogP contribution in [0.25, 0.3) is 0 Å². The molecule has 15 heavy (non-hydrogen) atoms. The highest BCUT2D eigenvalue weighted by atomic mass is 16.2. The maximum atomic E-state index is 11.6. The molecule has 0 unspecified atom stereocenters. The van der Waals surface area contributed by atoms with Gasteiger partial charge in [-0.25, -0.2) is 0 Å². The molecule has 0 aliphatic carbocycles. The summed E-state index contributed by atoms with van der Waals surface area (Å²) >= 11 is 0. The fraction of sp³-hybridized carbons (Fsp3) is 0.909. The molecular formula is C11H21N3O. The fourth-order valence-electron chi connectivity index (χ4n) is 2.13. The van der Waals surface area contributed by atoms with Crippen molar-refractivity contribution in [3.63, 3.8) is 0 Å². The molecule has 2 aliphatic heterocycles. The molecule has 0 bridgehead atoms. The zero-order valence-corrected chi connectivity index (χ0v) is 9.46. The molecule has 86 valence electrons. The van der Waals surface area contributed by atoms with Crippen molar-refractivity contribution in [2.75, 3.05) is 39.8 Å². The van der Waals surface area contributed by atoms with Gasteiger partial charge in [-0.05, 0) is 38.9 Å². The van der Waals surface area contributed by atoms with Crippen LogP contribution in [0.2, 0.25) is 0 Å². The van der Waals surface area contributed by atoms with E-state index in [9.17, 15) is 4.79 Å². The molecule has 0 spiro atoms. The van der Waals surface area contributed by atoms with Crippen LogP contribution >= 0.6 is 0 Å². The molecule has 0 aromatic rings. The van der Waals surface area contributed by atoms with Crippen LogP contribution in [0.1, 0.15) is 12.8 Å². The highest BCUT2D eigenvalue weighted by Gasteiger charge is 2.25. The topological polar surface area (TPSA) is 44.4 Å². The molecule has 1 amide bonds. The second-order valence-electron chi connectivity index (χ2n) is 4.85. The van der Waals surface area contributed by atoms with E-state index in [0.29, 0.717) is 5.92 Å². The SMILES string of the molecule is CN1CCC(CNC(=O)C2CNC2)CC1. The first kappa shape index (κ1) is 10.9. The summed E-state index contributed by atoms with van der Waals surface area (Å²) in [7, 11) is 2.16. The Labute approximate surface area is 91.4 Å². The van der Waals surface area contributed by atoms with E-state index >= 15 is 0 Å². The molecule has 2 aliphatic rings. The van der Waals surface area contributed by atoms with Crippen LogP contribution in [0, 0.1) is 11.8 Å². The number of nitrogens with one attached hydrogen (secondary N) is 2. The minimum Gasteiger partial charge on any atom is -0.356 e. The monoisotopic (exact) mass is 211 g/mol. The van der Waals surface area contributed by atoms with Gasteiger partial charge in [0.1, 0.15) is 0 Å². The minimum atomic E-state index is 0.233. The fourth-order valence-corrected chi connectivity index (χ4v) is 2.13. The first-order chi connectivity index (χ1) is 7.25. The van der Waals surface area contributed by atoms with Gasteiger partial charge >= 0.3 is 0 Å². The number of carbonyl (C=O) groups excluding carboxylic acids is 1. The van der Waals surface area contributed by atoms with Gasteiger partial charge in [0.25, 0.3) is 0 Å². The molecule has 2 saturated heterocycles. The highest BCUT2D eigenvalue weighted by molar-refractivity contribution is 5.79. The number of amides is 1. The molecule has 0 aromatic heterocycles. The van der Waals surface area contributed by atoms with E-state index in [1.54, 1.807) is 0 Å². The van der Waals surface area contributed by atoms with Crippen LogP contribution in [0.4, 0.5) is 0 Å². The normalized spacial score (nSPS) is 24.9. The molecule has 2 heterocycles. The molecule has 0 radical (unpaired) electrons. The molecule has 2 rings (SSSR count). The van der Waals surface area contributed by atoms with Crippen molar-refractivity contribution in [3.8, 4) is 0 Å². The van der Waals surface area contributed by atoms with E-state index < -0.39 is 0 Å². The average molecular weight is 211 g/mol. The summed E-state index contributed by atoms with van der Waals surface area (Å²) in [6.45, 7) is 4.94. The van der Waals surface area contributed by atoms with E-state index in [-0.39, 0.29) is 11.8 Å². The molecule has 0 saturated carbocycles. The minimum absolute atomic E-state index is 0.233. The lowest BCUT2D eigenvalue weighted by Crippen LogP contribution is -2.51. The van der Waals surface area contributed by atoms with Crippen LogP contribution in [-0.4, -0.2) is 50.6 Å². The number of hydrogen-bond donors (Lipinski definition) is 2. The summed E-state index contributed by atoms with van der Waals surface area (Å²) in [6.07, 6.45) is 2.44. The van der Waals surface area contributed by atoms with Crippen molar-refractivity contribution in [3.05, 3.63) is 0 Å². The van der Waals surface area contributed by atoms with Gasteiger partial charge < -0.3 is 15.5 Å². The van der Waals surface area contributed by atoms with Gasteiger partial charge in [0.05, 0.1) is 5.92 Å². The summed E-state index contributed by atoms with van der Waals surface area (Å²) in [5.74, 6) is 1.17. The lowest BCUT2D eigenvalue weighted by atomic mass is 9.96. The first-order valence-electron chi connectivity index (χ1n) is 5.92. The first-order valence-corrected chi connectivity index (χ1v) is 5.92. The summed E-state index contributed by atoms with van der Waals surface area (Å²) in [4.78, 5) is 13.9. The number of likely N-dealkylation sites (tertiary alicyclic amines) is 1. The van der Waals surface area contributed by atoms with E-state index in [2.05, 4.69) is 22.6 Å². The second kappa shape index (κ2) is 4.94. The Hall–Kier alpha value is -0.610. The molecule has 4 nitrogen and oxygen atoms in total. The molecule has 4 heteroatoms. The largest absolute Gasteiger partial charge is 0.356 e. The van der Waals surface area contributed by atoms with Crippen molar-refractivity contribution in [1.82, 2.24) is 15.5 Å². The summed E-state index contributed by atoms with van der Waals surface area (Å²) in [5.41, 5.74) is 0. The van der Waals surface area contributed by atoms with E-state index in [1.165, 1.54) is 25.9 Å². The Balaban J connectivity index is 1.62. The predicted octanol–water partition coefficient (Wildman–Crippen LogP) is -0.336. The van der Waals surface area contributed by atoms with E-state index in [4.69, 9.17) is 0 Å². The Morgan fingerprint density at radius 2 is 2.07 bits per heavy atom. The van der Waals surface area contributed by atoms with E-state index in [0.717, 1.165) is 19.6 Å². The average Bonchev–Trinajstić information content (AvgIpc) is 2.14. The third kappa shape index (κ3) is 2.92. The maximum Gasteiger partial charge on any atom is 0.225 e. The van der Waals surface area contributed by atoms with Gasteiger partial charge in [-0.15, -0.1) is 0 Å². The molecule has 2 N–H and O–H groups in total. The molecule has 2 fully saturated rings. The summed E-state index contributed by atoms with van der Waals surface area (Å²) in [6, 6.07) is 0. The number of carbonyl (C=O) groups is 1. The summed E-state index contributed by atoms with van der Waals surface area (Å²) < 4.78 is 0. The second-order valence-corrected chi connectivity index (χ2v) is 4.85. The highest BCUT2D eigenvalue weighted by Crippen LogP contribution is 2.15. The number of hydrogen-bond acceptors (Lipinski definition) is 3. The zero-order valence-electron chi connectivity index (χ0n) is 9.46. The Kier molecular flexibility index (Phi) is 3.59. The van der Waals surface area contributed by atoms with Crippen molar-refractivity contribution in [2.24, 2.45) is 11.8 Å². The quantitative estimate of drug-likeness (QED) is 0.671. The number of piperidine rings is 1. The number of nitrogens with zero attached hydrogens (tertiary/aromatic N) is 1. The third-order valence-electron chi connectivity index (χ3n) is 3.56. The van der Waals surface area contributed by atoms with Gasteiger partial charge in [0.15, 0.2) is 0 Å². The Morgan fingerprint density at radius 3 is 2.60 bits per heavy atom. The smallest absolute Gasteiger partial charge is 0.225 e. The van der Waals surface area contributed by atoms with Crippen molar-refractivity contribution >= 4 is 5.91 Å². The maximum absolute atomic E-state index is 11.6. The van der Waals surface area contributed by atoms with Gasteiger partial charge in [0, 0.05) is 19.6 Å². The summed E-state index contributed by atoms with van der Waals surface area (Å²) in [5, 5.41) is 6.19. The number of rotatable bonds is 3. The van der Waals surface area contributed by atoms with Crippen molar-refractivity contribution in [1.29, 1.82) is 0 Å². The molecule has 0 atom stereocenters.